The molecule has 0 aromatic heterocycles. The number of alkyl halides is 2. The number of carbonyl (C=O) groups is 2. The molecule has 0 saturated carbocycles. The number of amides is 1. The third-order valence-corrected chi connectivity index (χ3v) is 3.56. The number of para-hydroxylation sites is 2. The van der Waals surface area contributed by atoms with Crippen molar-refractivity contribution < 1.29 is 37.7 Å². The second kappa shape index (κ2) is 9.75. The van der Waals surface area contributed by atoms with E-state index >= 15 is 0 Å². The zero-order chi connectivity index (χ0) is 20.7. The Hall–Kier alpha value is -3.07. The molecule has 7 nitrogen and oxygen atoms in total. The van der Waals surface area contributed by atoms with E-state index < -0.39 is 25.1 Å². The van der Waals surface area contributed by atoms with Crippen molar-refractivity contribution in [3.63, 3.8) is 0 Å². The number of halogens is 3. The summed E-state index contributed by atoms with van der Waals surface area (Å²) < 4.78 is 39.1. The molecule has 0 aliphatic rings. The number of anilines is 1. The summed E-state index contributed by atoms with van der Waals surface area (Å²) in [5, 5.41) is 12.0. The zero-order valence-electron chi connectivity index (χ0n) is 14.6. The summed E-state index contributed by atoms with van der Waals surface area (Å²) in [5.74, 6) is -2.23. The molecule has 0 atom stereocenters. The summed E-state index contributed by atoms with van der Waals surface area (Å²) in [4.78, 5) is 24.1. The average molecular weight is 416 g/mol. The summed E-state index contributed by atoms with van der Waals surface area (Å²) in [6, 6.07) is 7.95. The second-order valence-electron chi connectivity index (χ2n) is 5.24. The summed E-state index contributed by atoms with van der Waals surface area (Å²) in [7, 11) is 0. The standard InChI is InChI=1S/C18H16ClF2NO6/c1-2-26-14-8-10(7-11(19)16(14)24)17(25)27-9-15(23)22-12-5-3-4-6-13(12)28-18(20)21/h3-8,18,24H,2,9H2,1H3,(H,22,23). The van der Waals surface area contributed by atoms with Crippen LogP contribution in [0.1, 0.15) is 17.3 Å². The highest BCUT2D eigenvalue weighted by atomic mass is 35.5. The van der Waals surface area contributed by atoms with Gasteiger partial charge in [0.15, 0.2) is 18.1 Å². The van der Waals surface area contributed by atoms with E-state index in [1.807, 2.05) is 0 Å². The van der Waals surface area contributed by atoms with Gasteiger partial charge in [-0.2, -0.15) is 8.78 Å². The Balaban J connectivity index is 2.01. The topological polar surface area (TPSA) is 94.1 Å². The van der Waals surface area contributed by atoms with Gasteiger partial charge in [0.25, 0.3) is 5.91 Å². The molecule has 2 aromatic rings. The van der Waals surface area contributed by atoms with Crippen LogP contribution < -0.4 is 14.8 Å². The maximum atomic E-state index is 12.4. The quantitative estimate of drug-likeness (QED) is 0.636. The molecule has 0 saturated heterocycles. The van der Waals surface area contributed by atoms with E-state index in [1.54, 1.807) is 6.92 Å². The lowest BCUT2D eigenvalue weighted by Gasteiger charge is -2.12. The molecule has 2 N–H and O–H groups in total. The van der Waals surface area contributed by atoms with Crippen molar-refractivity contribution in [1.82, 2.24) is 0 Å². The molecule has 0 heterocycles. The van der Waals surface area contributed by atoms with Gasteiger partial charge in [-0.1, -0.05) is 23.7 Å². The number of benzene rings is 2. The summed E-state index contributed by atoms with van der Waals surface area (Å²) >= 11 is 5.84. The number of rotatable bonds is 8. The first-order valence-corrected chi connectivity index (χ1v) is 8.35. The molecule has 0 spiro atoms. The highest BCUT2D eigenvalue weighted by molar-refractivity contribution is 6.32. The predicted molar refractivity (Wildman–Crippen MR) is 96.3 cm³/mol. The lowest BCUT2D eigenvalue weighted by atomic mass is 10.2. The van der Waals surface area contributed by atoms with Crippen LogP contribution in [0.15, 0.2) is 36.4 Å². The van der Waals surface area contributed by atoms with Crippen LogP contribution in [0.5, 0.6) is 17.2 Å². The fourth-order valence-corrected chi connectivity index (χ4v) is 2.34. The van der Waals surface area contributed by atoms with Gasteiger partial charge in [-0.3, -0.25) is 4.79 Å². The van der Waals surface area contributed by atoms with Crippen LogP contribution in [0, 0.1) is 0 Å². The van der Waals surface area contributed by atoms with Crippen LogP contribution in [0.2, 0.25) is 5.02 Å². The van der Waals surface area contributed by atoms with E-state index in [4.69, 9.17) is 21.1 Å². The maximum Gasteiger partial charge on any atom is 0.387 e. The van der Waals surface area contributed by atoms with Crippen molar-refractivity contribution in [2.75, 3.05) is 18.5 Å². The third-order valence-electron chi connectivity index (χ3n) is 3.28. The van der Waals surface area contributed by atoms with E-state index in [0.29, 0.717) is 0 Å². The molecule has 0 radical (unpaired) electrons. The number of hydrogen-bond donors (Lipinski definition) is 2. The van der Waals surface area contributed by atoms with Gasteiger partial charge in [-0.15, -0.1) is 0 Å². The largest absolute Gasteiger partial charge is 0.503 e. The van der Waals surface area contributed by atoms with Gasteiger partial charge in [-0.25, -0.2) is 4.79 Å². The highest BCUT2D eigenvalue weighted by Gasteiger charge is 2.17. The van der Waals surface area contributed by atoms with Gasteiger partial charge in [0.2, 0.25) is 0 Å². The van der Waals surface area contributed by atoms with Crippen LogP contribution in [0.4, 0.5) is 14.5 Å². The zero-order valence-corrected chi connectivity index (χ0v) is 15.3. The molecule has 0 fully saturated rings. The van der Waals surface area contributed by atoms with E-state index in [0.717, 1.165) is 6.07 Å². The fraction of sp³-hybridized carbons (Fsp3) is 0.222. The van der Waals surface area contributed by atoms with Gasteiger partial charge in [0.1, 0.15) is 5.75 Å². The van der Waals surface area contributed by atoms with Crippen LogP contribution in [0.3, 0.4) is 0 Å². The lowest BCUT2D eigenvalue weighted by molar-refractivity contribution is -0.119. The molecule has 10 heteroatoms. The molecule has 0 aliphatic carbocycles. The molecule has 2 aromatic carbocycles. The van der Waals surface area contributed by atoms with Crippen molar-refractivity contribution in [3.05, 3.63) is 47.0 Å². The summed E-state index contributed by atoms with van der Waals surface area (Å²) in [6.07, 6.45) is 0. The van der Waals surface area contributed by atoms with Gasteiger partial charge >= 0.3 is 12.6 Å². The van der Waals surface area contributed by atoms with Crippen LogP contribution in [-0.2, 0) is 9.53 Å². The number of aromatic hydroxyl groups is 1. The van der Waals surface area contributed by atoms with Crippen molar-refractivity contribution in [1.29, 1.82) is 0 Å². The van der Waals surface area contributed by atoms with Gasteiger partial charge < -0.3 is 24.6 Å². The SMILES string of the molecule is CCOc1cc(C(=O)OCC(=O)Nc2ccccc2OC(F)F)cc(Cl)c1O. The highest BCUT2D eigenvalue weighted by Crippen LogP contribution is 2.35. The minimum absolute atomic E-state index is 0.00448. The first-order chi connectivity index (χ1) is 13.3. The van der Waals surface area contributed by atoms with Crippen LogP contribution >= 0.6 is 11.6 Å². The predicted octanol–water partition coefficient (Wildman–Crippen LogP) is 3.84. The minimum atomic E-state index is -3.06. The molecular weight excluding hydrogens is 400 g/mol. The molecule has 2 rings (SSSR count). The number of phenolic OH excluding ortho intramolecular Hbond substituents is 1. The minimum Gasteiger partial charge on any atom is -0.503 e. The van der Waals surface area contributed by atoms with Crippen molar-refractivity contribution >= 4 is 29.2 Å². The lowest BCUT2D eigenvalue weighted by Crippen LogP contribution is -2.21. The number of nitrogens with one attached hydrogen (secondary N) is 1. The number of ether oxygens (including phenoxy) is 3. The van der Waals surface area contributed by atoms with Crippen molar-refractivity contribution in [2.24, 2.45) is 0 Å². The molecule has 28 heavy (non-hydrogen) atoms. The van der Waals surface area contributed by atoms with Crippen molar-refractivity contribution in [2.45, 2.75) is 13.5 Å². The van der Waals surface area contributed by atoms with Gasteiger partial charge in [-0.05, 0) is 31.2 Å². The Morgan fingerprint density at radius 3 is 2.61 bits per heavy atom. The molecule has 0 unspecified atom stereocenters. The first-order valence-electron chi connectivity index (χ1n) is 7.98. The Morgan fingerprint density at radius 1 is 1.21 bits per heavy atom. The van der Waals surface area contributed by atoms with Crippen molar-refractivity contribution in [3.8, 4) is 17.2 Å². The van der Waals surface area contributed by atoms with Crippen LogP contribution in [0.25, 0.3) is 0 Å². The Bertz CT molecular complexity index is 862. The number of carbonyl (C=O) groups excluding carboxylic acids is 2. The Kier molecular flexibility index (Phi) is 7.39. The molecule has 0 bridgehead atoms. The number of esters is 1. The first kappa shape index (κ1) is 21.2. The Labute approximate surface area is 163 Å². The van der Waals surface area contributed by atoms with E-state index in [9.17, 15) is 23.5 Å². The van der Waals surface area contributed by atoms with Gasteiger partial charge in [0, 0.05) is 0 Å². The molecule has 1 amide bonds. The molecule has 0 aliphatic heterocycles. The van der Waals surface area contributed by atoms with Gasteiger partial charge in [0.05, 0.1) is 22.9 Å². The average Bonchev–Trinajstić information content (AvgIpc) is 2.64. The smallest absolute Gasteiger partial charge is 0.387 e. The Morgan fingerprint density at radius 2 is 1.93 bits per heavy atom. The monoisotopic (exact) mass is 415 g/mol. The fourth-order valence-electron chi connectivity index (χ4n) is 2.13. The van der Waals surface area contributed by atoms with Crippen LogP contribution in [-0.4, -0.2) is 36.8 Å². The second-order valence-corrected chi connectivity index (χ2v) is 5.64. The summed E-state index contributed by atoms with van der Waals surface area (Å²) in [6.45, 7) is -1.84. The number of hydrogen-bond acceptors (Lipinski definition) is 6. The molecular formula is C18H16ClF2NO6. The van der Waals surface area contributed by atoms with E-state index in [-0.39, 0.29) is 40.1 Å². The molecule has 150 valence electrons. The normalized spacial score (nSPS) is 10.5. The maximum absolute atomic E-state index is 12.4. The third kappa shape index (κ3) is 5.71. The van der Waals surface area contributed by atoms with E-state index in [2.05, 4.69) is 10.1 Å². The summed E-state index contributed by atoms with van der Waals surface area (Å²) in [5.41, 5.74) is -0.0457. The number of phenols is 1. The van der Waals surface area contributed by atoms with E-state index in [1.165, 1.54) is 30.3 Å².